The van der Waals surface area contributed by atoms with Crippen LogP contribution in [0.3, 0.4) is 0 Å². The Morgan fingerprint density at radius 3 is 2.83 bits per heavy atom. The first kappa shape index (κ1) is 12.0. The van der Waals surface area contributed by atoms with E-state index >= 15 is 0 Å². The molecule has 4 heteroatoms. The summed E-state index contributed by atoms with van der Waals surface area (Å²) in [5.74, 6) is 0. The van der Waals surface area contributed by atoms with Crippen LogP contribution < -0.4 is 5.32 Å². The van der Waals surface area contributed by atoms with Crippen molar-refractivity contribution in [3.63, 3.8) is 0 Å². The van der Waals surface area contributed by atoms with E-state index < -0.39 is 0 Å². The van der Waals surface area contributed by atoms with Gasteiger partial charge in [0.1, 0.15) is 0 Å². The molecule has 12 heavy (non-hydrogen) atoms. The van der Waals surface area contributed by atoms with Crippen LogP contribution in [0.5, 0.6) is 0 Å². The van der Waals surface area contributed by atoms with E-state index in [1.54, 1.807) is 0 Å². The summed E-state index contributed by atoms with van der Waals surface area (Å²) in [7, 11) is 0. The van der Waals surface area contributed by atoms with Gasteiger partial charge in [-0.1, -0.05) is 35.9 Å². The molecule has 0 aromatic carbocycles. The zero-order valence-electron chi connectivity index (χ0n) is 7.44. The molecule has 0 aromatic rings. The van der Waals surface area contributed by atoms with Crippen molar-refractivity contribution in [1.29, 1.82) is 0 Å². The number of carbonyl (C=O) groups excluding carboxylic acids is 1. The Hall–Kier alpha value is 0. The van der Waals surface area contributed by atoms with E-state index in [2.05, 4.69) is 34.8 Å². The van der Waals surface area contributed by atoms with Crippen molar-refractivity contribution >= 4 is 28.7 Å². The summed E-state index contributed by atoms with van der Waals surface area (Å²) < 4.78 is 5.94. The minimum absolute atomic E-state index is 0.284. The highest BCUT2D eigenvalue weighted by molar-refractivity contribution is 14.1. The van der Waals surface area contributed by atoms with Gasteiger partial charge in [0.15, 0.2) is 0 Å². The summed E-state index contributed by atoms with van der Waals surface area (Å²) >= 11 is 2.28. The highest BCUT2D eigenvalue weighted by Crippen LogP contribution is 1.89. The molecule has 0 radical (unpaired) electrons. The van der Waals surface area contributed by atoms with Gasteiger partial charge < -0.3 is 10.1 Å². The van der Waals surface area contributed by atoms with Crippen molar-refractivity contribution in [1.82, 2.24) is 5.32 Å². The van der Waals surface area contributed by atoms with Crippen molar-refractivity contribution in [3.8, 4) is 0 Å². The predicted octanol–water partition coefficient (Wildman–Crippen LogP) is 2.34. The lowest BCUT2D eigenvalue weighted by molar-refractivity contribution is 0.144. The fourth-order valence-corrected chi connectivity index (χ4v) is 0.999. The number of hydrogen-bond acceptors (Lipinski definition) is 2. The second-order valence-corrected chi connectivity index (χ2v) is 3.54. The van der Waals surface area contributed by atoms with E-state index in [0.717, 1.165) is 23.7 Å². The van der Waals surface area contributed by atoms with E-state index in [1.165, 1.54) is 0 Å². The van der Waals surface area contributed by atoms with Crippen molar-refractivity contribution in [2.24, 2.45) is 0 Å². The number of ether oxygens (including phenoxy) is 1. The topological polar surface area (TPSA) is 38.3 Å². The van der Waals surface area contributed by atoms with Crippen molar-refractivity contribution in [2.45, 2.75) is 26.2 Å². The number of alkyl carbamates (subject to hydrolysis) is 1. The Morgan fingerprint density at radius 2 is 2.25 bits per heavy atom. The maximum absolute atomic E-state index is 10.9. The Morgan fingerprint density at radius 1 is 1.50 bits per heavy atom. The van der Waals surface area contributed by atoms with Crippen LogP contribution in [0.15, 0.2) is 0 Å². The number of halogens is 1. The molecular formula is C8H16INO2. The molecular weight excluding hydrogens is 269 g/mol. The quantitative estimate of drug-likeness (QED) is 0.462. The van der Waals surface area contributed by atoms with Gasteiger partial charge in [-0.05, 0) is 12.8 Å². The summed E-state index contributed by atoms with van der Waals surface area (Å²) in [6.45, 7) is 3.32. The van der Waals surface area contributed by atoms with Gasteiger partial charge in [0.2, 0.25) is 0 Å². The Balaban J connectivity index is 3.10. The molecule has 0 saturated carbocycles. The van der Waals surface area contributed by atoms with Crippen molar-refractivity contribution in [3.05, 3.63) is 0 Å². The Kier molecular flexibility index (Phi) is 9.09. The molecule has 0 spiro atoms. The molecule has 0 saturated heterocycles. The molecule has 0 aromatic heterocycles. The summed E-state index contributed by atoms with van der Waals surface area (Å²) in [5, 5.41) is 2.68. The number of nitrogens with one attached hydrogen (secondary N) is 1. The van der Waals surface area contributed by atoms with E-state index in [0.29, 0.717) is 13.2 Å². The number of unbranched alkanes of at least 4 members (excludes halogenated alkanes) is 1. The third kappa shape index (κ3) is 8.10. The van der Waals surface area contributed by atoms with Gasteiger partial charge >= 0.3 is 6.09 Å². The highest BCUT2D eigenvalue weighted by atomic mass is 127. The maximum Gasteiger partial charge on any atom is 0.407 e. The minimum atomic E-state index is -0.284. The highest BCUT2D eigenvalue weighted by Gasteiger charge is 1.98. The molecule has 72 valence electrons. The van der Waals surface area contributed by atoms with Crippen molar-refractivity contribution < 1.29 is 9.53 Å². The van der Waals surface area contributed by atoms with Crippen LogP contribution in [0.1, 0.15) is 26.2 Å². The summed E-state index contributed by atoms with van der Waals surface area (Å²) in [6, 6.07) is 0. The van der Waals surface area contributed by atoms with Gasteiger partial charge in [-0.3, -0.25) is 0 Å². The molecule has 3 nitrogen and oxygen atoms in total. The fourth-order valence-electron chi connectivity index (χ4n) is 0.618. The number of carbonyl (C=O) groups is 1. The number of alkyl halides is 1. The lowest BCUT2D eigenvalue weighted by Crippen LogP contribution is -2.25. The van der Waals surface area contributed by atoms with Crippen LogP contribution >= 0.6 is 22.6 Å². The van der Waals surface area contributed by atoms with Gasteiger partial charge in [0, 0.05) is 11.0 Å². The zero-order valence-corrected chi connectivity index (χ0v) is 9.59. The second-order valence-electron chi connectivity index (χ2n) is 2.46. The summed E-state index contributed by atoms with van der Waals surface area (Å²) in [4.78, 5) is 10.9. The molecule has 0 fully saturated rings. The second kappa shape index (κ2) is 9.09. The van der Waals surface area contributed by atoms with E-state index in [9.17, 15) is 4.79 Å². The average molecular weight is 285 g/mol. The number of amides is 1. The first-order valence-corrected chi connectivity index (χ1v) is 5.80. The van der Waals surface area contributed by atoms with Crippen molar-refractivity contribution in [2.75, 3.05) is 17.6 Å². The van der Waals surface area contributed by atoms with Crippen LogP contribution in [0.25, 0.3) is 0 Å². The molecule has 0 atom stereocenters. The number of hydrogen-bond donors (Lipinski definition) is 1. The first-order valence-electron chi connectivity index (χ1n) is 4.27. The van der Waals surface area contributed by atoms with Crippen LogP contribution in [-0.2, 0) is 4.74 Å². The summed E-state index contributed by atoms with van der Waals surface area (Å²) in [5.41, 5.74) is 0. The standard InChI is InChI=1S/C8H16INO2/c1-2-3-7-12-8(11)10-6-4-5-9/h2-7H2,1H3,(H,10,11). The van der Waals surface area contributed by atoms with Crippen LogP contribution in [-0.4, -0.2) is 23.7 Å². The van der Waals surface area contributed by atoms with Crippen LogP contribution in [0.2, 0.25) is 0 Å². The third-order valence-corrected chi connectivity index (χ3v) is 2.07. The van der Waals surface area contributed by atoms with E-state index in [-0.39, 0.29) is 6.09 Å². The van der Waals surface area contributed by atoms with E-state index in [1.807, 2.05) is 0 Å². The van der Waals surface area contributed by atoms with Gasteiger partial charge in [0.25, 0.3) is 0 Å². The SMILES string of the molecule is CCCCOC(=O)NCCCI. The Bertz CT molecular complexity index is 108. The van der Waals surface area contributed by atoms with Gasteiger partial charge in [-0.2, -0.15) is 0 Å². The van der Waals surface area contributed by atoms with Crippen LogP contribution in [0.4, 0.5) is 4.79 Å². The lowest BCUT2D eigenvalue weighted by atomic mass is 10.4. The molecule has 0 rings (SSSR count). The molecule has 0 aliphatic heterocycles. The van der Waals surface area contributed by atoms with Gasteiger partial charge in [-0.25, -0.2) is 4.79 Å². The zero-order chi connectivity index (χ0) is 9.23. The lowest BCUT2D eigenvalue weighted by Gasteiger charge is -2.04. The normalized spacial score (nSPS) is 9.50. The van der Waals surface area contributed by atoms with Gasteiger partial charge in [-0.15, -0.1) is 0 Å². The predicted molar refractivity (Wildman–Crippen MR) is 57.8 cm³/mol. The molecule has 0 aliphatic carbocycles. The molecule has 0 heterocycles. The Labute approximate surface area is 87.4 Å². The fraction of sp³-hybridized carbons (Fsp3) is 0.875. The maximum atomic E-state index is 10.9. The smallest absolute Gasteiger partial charge is 0.407 e. The monoisotopic (exact) mass is 285 g/mol. The van der Waals surface area contributed by atoms with Gasteiger partial charge in [0.05, 0.1) is 6.61 Å². The first-order chi connectivity index (χ1) is 5.81. The molecule has 0 aliphatic rings. The van der Waals surface area contributed by atoms with Crippen LogP contribution in [0, 0.1) is 0 Å². The average Bonchev–Trinajstić information content (AvgIpc) is 2.06. The summed E-state index contributed by atoms with van der Waals surface area (Å²) in [6.07, 6.45) is 2.72. The number of rotatable bonds is 6. The third-order valence-electron chi connectivity index (χ3n) is 1.31. The largest absolute Gasteiger partial charge is 0.450 e. The molecule has 0 bridgehead atoms. The van der Waals surface area contributed by atoms with E-state index in [4.69, 9.17) is 4.74 Å². The molecule has 1 amide bonds. The molecule has 1 N–H and O–H groups in total. The molecule has 0 unspecified atom stereocenters. The minimum Gasteiger partial charge on any atom is -0.450 e.